The van der Waals surface area contributed by atoms with Crippen LogP contribution < -0.4 is 0 Å². The van der Waals surface area contributed by atoms with Crippen LogP contribution in [0.3, 0.4) is 0 Å². The first-order valence-electron chi connectivity index (χ1n) is 8.20. The van der Waals surface area contributed by atoms with E-state index in [1.165, 1.54) is 0 Å². The summed E-state index contributed by atoms with van der Waals surface area (Å²) in [5, 5.41) is 0. The molecule has 1 aliphatic heterocycles. The fraction of sp³-hybridized carbons (Fsp3) is 0.250. The molecule has 2 amide bonds. The number of benzene rings is 2. The number of nitrogens with zero attached hydrogens (tertiary/aromatic N) is 1. The Bertz CT molecular complexity index is 843. The molecule has 5 nitrogen and oxygen atoms in total. The summed E-state index contributed by atoms with van der Waals surface area (Å²) in [5.41, 5.74) is 2.63. The fourth-order valence-corrected chi connectivity index (χ4v) is 3.04. The van der Waals surface area contributed by atoms with Crippen LogP contribution in [0.25, 0.3) is 0 Å². The van der Waals surface area contributed by atoms with Gasteiger partial charge in [-0.1, -0.05) is 42.5 Å². The smallest absolute Gasteiger partial charge is 0.323 e. The van der Waals surface area contributed by atoms with Crippen molar-refractivity contribution >= 4 is 17.8 Å². The van der Waals surface area contributed by atoms with Crippen molar-refractivity contribution in [3.05, 3.63) is 70.8 Å². The highest BCUT2D eigenvalue weighted by Gasteiger charge is 2.43. The predicted molar refractivity (Wildman–Crippen MR) is 91.9 cm³/mol. The molecule has 0 saturated carbocycles. The largest absolute Gasteiger partial charge is 0.465 e. The Balaban J connectivity index is 2.03. The number of esters is 1. The number of imide groups is 1. The van der Waals surface area contributed by atoms with Gasteiger partial charge in [-0.15, -0.1) is 0 Å². The molecule has 0 bridgehead atoms. The van der Waals surface area contributed by atoms with E-state index < -0.39 is 17.8 Å². The first-order chi connectivity index (χ1) is 12.0. The lowest BCUT2D eigenvalue weighted by Crippen LogP contribution is -2.47. The molecule has 2 aromatic rings. The van der Waals surface area contributed by atoms with E-state index in [9.17, 15) is 14.4 Å². The molecular weight excluding hydrogens is 318 g/mol. The maximum absolute atomic E-state index is 12.9. The van der Waals surface area contributed by atoms with Gasteiger partial charge in [0, 0.05) is 5.56 Å². The first-order valence-corrected chi connectivity index (χ1v) is 8.20. The van der Waals surface area contributed by atoms with Crippen molar-refractivity contribution in [2.75, 3.05) is 6.61 Å². The van der Waals surface area contributed by atoms with Crippen LogP contribution in [0.4, 0.5) is 0 Å². The van der Waals surface area contributed by atoms with Gasteiger partial charge >= 0.3 is 5.97 Å². The van der Waals surface area contributed by atoms with Crippen LogP contribution in [0.15, 0.2) is 48.5 Å². The van der Waals surface area contributed by atoms with Crippen molar-refractivity contribution in [2.45, 2.75) is 26.3 Å². The summed E-state index contributed by atoms with van der Waals surface area (Å²) in [6.07, 6.45) is 0. The molecule has 2 aromatic carbocycles. The Kier molecular flexibility index (Phi) is 4.65. The van der Waals surface area contributed by atoms with Crippen LogP contribution in [0.5, 0.6) is 0 Å². The Morgan fingerprint density at radius 2 is 1.76 bits per heavy atom. The number of ether oxygens (including phenoxy) is 1. The SMILES string of the molecule is CCOC(=O)C1C(=O)N(Cc2ccccc2C)C(=O)c2ccccc21. The molecule has 0 aliphatic carbocycles. The van der Waals surface area contributed by atoms with Gasteiger partial charge in [0.05, 0.1) is 13.2 Å². The molecular formula is C20H19NO4. The van der Waals surface area contributed by atoms with Gasteiger partial charge < -0.3 is 4.74 Å². The van der Waals surface area contributed by atoms with Crippen LogP contribution in [0.2, 0.25) is 0 Å². The van der Waals surface area contributed by atoms with Gasteiger partial charge in [-0.05, 0) is 36.6 Å². The van der Waals surface area contributed by atoms with E-state index in [-0.39, 0.29) is 19.1 Å². The monoisotopic (exact) mass is 337 g/mol. The molecule has 0 saturated heterocycles. The summed E-state index contributed by atoms with van der Waals surface area (Å²) in [4.78, 5) is 39.3. The summed E-state index contributed by atoms with van der Waals surface area (Å²) in [6, 6.07) is 14.3. The van der Waals surface area contributed by atoms with Crippen LogP contribution in [0.1, 0.15) is 39.9 Å². The normalized spacial score (nSPS) is 16.6. The lowest BCUT2D eigenvalue weighted by Gasteiger charge is -2.31. The van der Waals surface area contributed by atoms with Gasteiger partial charge in [0.2, 0.25) is 5.91 Å². The summed E-state index contributed by atoms with van der Waals surface area (Å²) in [6.45, 7) is 3.92. The molecule has 25 heavy (non-hydrogen) atoms. The maximum atomic E-state index is 12.9. The molecule has 1 atom stereocenters. The number of rotatable bonds is 4. The summed E-state index contributed by atoms with van der Waals surface area (Å²) in [5.74, 6) is -2.64. The summed E-state index contributed by atoms with van der Waals surface area (Å²) in [7, 11) is 0. The molecule has 1 aliphatic rings. The molecule has 0 aromatic heterocycles. The summed E-state index contributed by atoms with van der Waals surface area (Å²) < 4.78 is 5.07. The zero-order chi connectivity index (χ0) is 18.0. The number of amides is 2. The van der Waals surface area contributed by atoms with Crippen LogP contribution in [-0.2, 0) is 20.9 Å². The average Bonchev–Trinajstić information content (AvgIpc) is 2.60. The number of carbonyl (C=O) groups excluding carboxylic acids is 3. The fourth-order valence-electron chi connectivity index (χ4n) is 3.04. The van der Waals surface area contributed by atoms with E-state index in [2.05, 4.69) is 0 Å². The third-order valence-electron chi connectivity index (χ3n) is 4.37. The standard InChI is InChI=1S/C20H19NO4/c1-3-25-20(24)17-15-10-6-7-11-16(15)18(22)21(19(17)23)12-14-9-5-4-8-13(14)2/h4-11,17H,3,12H2,1-2H3. The number of hydrogen-bond acceptors (Lipinski definition) is 4. The molecule has 3 rings (SSSR count). The second-order valence-electron chi connectivity index (χ2n) is 5.93. The summed E-state index contributed by atoms with van der Waals surface area (Å²) >= 11 is 0. The molecule has 0 spiro atoms. The van der Waals surface area contributed by atoms with Crippen molar-refractivity contribution in [2.24, 2.45) is 0 Å². The van der Waals surface area contributed by atoms with Crippen LogP contribution in [-0.4, -0.2) is 29.3 Å². The first kappa shape index (κ1) is 16.9. The van der Waals surface area contributed by atoms with Crippen molar-refractivity contribution in [3.8, 4) is 0 Å². The number of aryl methyl sites for hydroxylation is 1. The second-order valence-corrected chi connectivity index (χ2v) is 5.93. The van der Waals surface area contributed by atoms with Gasteiger partial charge in [-0.25, -0.2) is 0 Å². The molecule has 5 heteroatoms. The third kappa shape index (κ3) is 3.05. The lowest BCUT2D eigenvalue weighted by atomic mass is 9.88. The van der Waals surface area contributed by atoms with Gasteiger partial charge in [0.15, 0.2) is 5.92 Å². The second kappa shape index (κ2) is 6.89. The number of fused-ring (bicyclic) bond motifs is 1. The van der Waals surface area contributed by atoms with E-state index in [0.29, 0.717) is 11.1 Å². The highest BCUT2D eigenvalue weighted by atomic mass is 16.5. The van der Waals surface area contributed by atoms with Gasteiger partial charge in [0.25, 0.3) is 5.91 Å². The van der Waals surface area contributed by atoms with Crippen molar-refractivity contribution in [3.63, 3.8) is 0 Å². The zero-order valence-electron chi connectivity index (χ0n) is 14.2. The lowest BCUT2D eigenvalue weighted by molar-refractivity contribution is -0.150. The van der Waals surface area contributed by atoms with Gasteiger partial charge in [0.1, 0.15) is 0 Å². The predicted octanol–water partition coefficient (Wildman–Crippen LogP) is 2.82. The topological polar surface area (TPSA) is 63.7 Å². The molecule has 1 heterocycles. The van der Waals surface area contributed by atoms with E-state index >= 15 is 0 Å². The molecule has 1 unspecified atom stereocenters. The highest BCUT2D eigenvalue weighted by molar-refractivity contribution is 6.18. The zero-order valence-corrected chi connectivity index (χ0v) is 14.2. The van der Waals surface area contributed by atoms with Crippen LogP contribution >= 0.6 is 0 Å². The molecule has 0 N–H and O–H groups in total. The Hall–Kier alpha value is -2.95. The Labute approximate surface area is 146 Å². The Morgan fingerprint density at radius 1 is 1.08 bits per heavy atom. The minimum atomic E-state index is -1.10. The minimum absolute atomic E-state index is 0.134. The maximum Gasteiger partial charge on any atom is 0.323 e. The van der Waals surface area contributed by atoms with Crippen LogP contribution in [0, 0.1) is 6.92 Å². The van der Waals surface area contributed by atoms with E-state index in [4.69, 9.17) is 4.74 Å². The minimum Gasteiger partial charge on any atom is -0.465 e. The van der Waals surface area contributed by atoms with E-state index in [1.54, 1.807) is 31.2 Å². The Morgan fingerprint density at radius 3 is 2.48 bits per heavy atom. The van der Waals surface area contributed by atoms with Crippen molar-refractivity contribution < 1.29 is 19.1 Å². The number of hydrogen-bond donors (Lipinski definition) is 0. The molecule has 128 valence electrons. The van der Waals surface area contributed by atoms with Gasteiger partial charge in [-0.3, -0.25) is 19.3 Å². The van der Waals surface area contributed by atoms with E-state index in [1.807, 2.05) is 31.2 Å². The highest BCUT2D eigenvalue weighted by Crippen LogP contribution is 2.31. The van der Waals surface area contributed by atoms with Gasteiger partial charge in [-0.2, -0.15) is 0 Å². The third-order valence-corrected chi connectivity index (χ3v) is 4.37. The average molecular weight is 337 g/mol. The van der Waals surface area contributed by atoms with E-state index in [0.717, 1.165) is 16.0 Å². The van der Waals surface area contributed by atoms with Crippen molar-refractivity contribution in [1.29, 1.82) is 0 Å². The molecule has 0 fully saturated rings. The molecule has 0 radical (unpaired) electrons. The number of carbonyl (C=O) groups is 3. The van der Waals surface area contributed by atoms with Crippen molar-refractivity contribution in [1.82, 2.24) is 4.90 Å². The quantitative estimate of drug-likeness (QED) is 0.489.